The second kappa shape index (κ2) is 5.81. The first-order valence-corrected chi connectivity index (χ1v) is 8.28. The highest BCUT2D eigenvalue weighted by Crippen LogP contribution is 2.40. The zero-order valence-electron chi connectivity index (χ0n) is 13.0. The number of aliphatic hydroxyl groups excluding tert-OH is 1. The Morgan fingerprint density at radius 3 is 2.87 bits per heavy atom. The number of hydrogen-bond donors (Lipinski definition) is 2. The van der Waals surface area contributed by atoms with E-state index in [9.17, 15) is 9.90 Å². The summed E-state index contributed by atoms with van der Waals surface area (Å²) in [7, 11) is 0. The first kappa shape index (κ1) is 14.5. The zero-order valence-corrected chi connectivity index (χ0v) is 13.0. The Hall–Kier alpha value is -2.14. The first-order chi connectivity index (χ1) is 11.2. The van der Waals surface area contributed by atoms with Crippen LogP contribution in [0.25, 0.3) is 11.0 Å². The summed E-state index contributed by atoms with van der Waals surface area (Å²) in [6.45, 7) is 0.446. The Balaban J connectivity index is 1.52. The van der Waals surface area contributed by atoms with Crippen molar-refractivity contribution in [2.75, 3.05) is 6.61 Å². The molecule has 1 aromatic carbocycles. The Morgan fingerprint density at radius 2 is 2.13 bits per heavy atom. The number of rotatable bonds is 5. The van der Waals surface area contributed by atoms with Gasteiger partial charge in [-0.3, -0.25) is 4.79 Å². The van der Waals surface area contributed by atoms with Crippen molar-refractivity contribution in [3.8, 4) is 0 Å². The van der Waals surface area contributed by atoms with E-state index in [-0.39, 0.29) is 24.5 Å². The van der Waals surface area contributed by atoms with Crippen LogP contribution in [0.1, 0.15) is 31.0 Å². The Kier molecular flexibility index (Phi) is 3.65. The standard InChI is InChI=1S/C18H21N3O2/c22-11-12-5-8-14(9-12)19-17(23)10-21-16-4-2-1-3-15(16)20-18(21)13-6-7-13/h1-5,8,12-14,22H,6-7,9-11H2,(H,19,23)/t12-,14+/m0/s1. The first-order valence-electron chi connectivity index (χ1n) is 8.28. The van der Waals surface area contributed by atoms with E-state index in [1.807, 2.05) is 36.4 Å². The van der Waals surface area contributed by atoms with E-state index < -0.39 is 0 Å². The van der Waals surface area contributed by atoms with Gasteiger partial charge in [0.1, 0.15) is 12.4 Å². The summed E-state index contributed by atoms with van der Waals surface area (Å²) in [5.41, 5.74) is 1.99. The molecule has 4 rings (SSSR count). The number of aromatic nitrogens is 2. The topological polar surface area (TPSA) is 67.2 Å². The number of aliphatic hydroxyl groups is 1. The van der Waals surface area contributed by atoms with Gasteiger partial charge in [-0.1, -0.05) is 24.3 Å². The molecular formula is C18H21N3O2. The zero-order chi connectivity index (χ0) is 15.8. The fourth-order valence-corrected chi connectivity index (χ4v) is 3.33. The van der Waals surface area contributed by atoms with Gasteiger partial charge < -0.3 is 15.0 Å². The molecule has 2 aliphatic carbocycles. The normalized spacial score (nSPS) is 23.5. The largest absolute Gasteiger partial charge is 0.396 e. The maximum atomic E-state index is 12.4. The molecule has 0 radical (unpaired) electrons. The molecule has 1 fully saturated rings. The number of benzene rings is 1. The quantitative estimate of drug-likeness (QED) is 0.830. The van der Waals surface area contributed by atoms with Crippen LogP contribution in [0.5, 0.6) is 0 Å². The number of amides is 1. The van der Waals surface area contributed by atoms with Gasteiger partial charge in [-0.15, -0.1) is 0 Å². The van der Waals surface area contributed by atoms with Crippen molar-refractivity contribution in [1.29, 1.82) is 0 Å². The molecule has 1 saturated carbocycles. The second-order valence-corrected chi connectivity index (χ2v) is 6.56. The van der Waals surface area contributed by atoms with Crippen molar-refractivity contribution >= 4 is 16.9 Å². The maximum Gasteiger partial charge on any atom is 0.240 e. The average Bonchev–Trinajstić information content (AvgIpc) is 3.20. The van der Waals surface area contributed by atoms with Crippen LogP contribution in [0.3, 0.4) is 0 Å². The third-order valence-corrected chi connectivity index (χ3v) is 4.68. The molecule has 2 aromatic rings. The third-order valence-electron chi connectivity index (χ3n) is 4.68. The summed E-state index contributed by atoms with van der Waals surface area (Å²) in [6, 6.07) is 8.02. The lowest BCUT2D eigenvalue weighted by Crippen LogP contribution is -2.35. The summed E-state index contributed by atoms with van der Waals surface area (Å²) in [6.07, 6.45) is 7.06. The fraction of sp³-hybridized carbons (Fsp3) is 0.444. The third kappa shape index (κ3) is 2.88. The van der Waals surface area contributed by atoms with Gasteiger partial charge in [-0.25, -0.2) is 4.98 Å². The predicted octanol–water partition coefficient (Wildman–Crippen LogP) is 1.97. The van der Waals surface area contributed by atoms with Crippen LogP contribution >= 0.6 is 0 Å². The minimum Gasteiger partial charge on any atom is -0.396 e. The molecule has 2 N–H and O–H groups in total. The van der Waals surface area contributed by atoms with Crippen LogP contribution in [0.2, 0.25) is 0 Å². The number of carbonyl (C=O) groups excluding carboxylic acids is 1. The van der Waals surface area contributed by atoms with Gasteiger partial charge >= 0.3 is 0 Å². The number of imidazole rings is 1. The van der Waals surface area contributed by atoms with Crippen LogP contribution in [-0.4, -0.2) is 33.2 Å². The predicted molar refractivity (Wildman–Crippen MR) is 88.0 cm³/mol. The van der Waals surface area contributed by atoms with E-state index in [2.05, 4.69) is 9.88 Å². The highest BCUT2D eigenvalue weighted by atomic mass is 16.3. The van der Waals surface area contributed by atoms with E-state index in [1.165, 1.54) is 0 Å². The highest BCUT2D eigenvalue weighted by Gasteiger charge is 2.30. The van der Waals surface area contributed by atoms with Crippen LogP contribution < -0.4 is 5.32 Å². The molecule has 1 aromatic heterocycles. The fourth-order valence-electron chi connectivity index (χ4n) is 3.33. The lowest BCUT2D eigenvalue weighted by Gasteiger charge is -2.14. The molecule has 2 aliphatic rings. The number of nitrogens with zero attached hydrogens (tertiary/aromatic N) is 2. The van der Waals surface area contributed by atoms with Crippen molar-refractivity contribution in [2.45, 2.75) is 37.8 Å². The number of para-hydroxylation sites is 2. The van der Waals surface area contributed by atoms with E-state index in [0.717, 1.165) is 36.1 Å². The molecule has 5 heteroatoms. The summed E-state index contributed by atoms with van der Waals surface area (Å²) in [4.78, 5) is 17.2. The van der Waals surface area contributed by atoms with Crippen molar-refractivity contribution in [3.63, 3.8) is 0 Å². The molecule has 0 saturated heterocycles. The molecule has 2 atom stereocenters. The summed E-state index contributed by atoms with van der Waals surface area (Å²) in [5.74, 6) is 1.71. The smallest absolute Gasteiger partial charge is 0.240 e. The van der Waals surface area contributed by atoms with Crippen molar-refractivity contribution in [3.05, 3.63) is 42.2 Å². The molecular weight excluding hydrogens is 290 g/mol. The van der Waals surface area contributed by atoms with Gasteiger partial charge in [0.25, 0.3) is 0 Å². The van der Waals surface area contributed by atoms with Gasteiger partial charge in [0.05, 0.1) is 11.0 Å². The van der Waals surface area contributed by atoms with Gasteiger partial charge in [0.2, 0.25) is 5.91 Å². The number of fused-ring (bicyclic) bond motifs is 1. The van der Waals surface area contributed by atoms with Crippen molar-refractivity contribution in [2.24, 2.45) is 5.92 Å². The maximum absolute atomic E-state index is 12.4. The van der Waals surface area contributed by atoms with Gasteiger partial charge in [0.15, 0.2) is 0 Å². The Labute approximate surface area is 135 Å². The van der Waals surface area contributed by atoms with E-state index in [1.54, 1.807) is 0 Å². The average molecular weight is 311 g/mol. The summed E-state index contributed by atoms with van der Waals surface area (Å²) >= 11 is 0. The van der Waals surface area contributed by atoms with Gasteiger partial charge in [0, 0.05) is 24.5 Å². The lowest BCUT2D eigenvalue weighted by atomic mass is 10.1. The summed E-state index contributed by atoms with van der Waals surface area (Å²) in [5, 5.41) is 12.2. The Bertz CT molecular complexity index is 761. The number of carbonyl (C=O) groups is 1. The Morgan fingerprint density at radius 1 is 1.30 bits per heavy atom. The molecule has 0 unspecified atom stereocenters. The van der Waals surface area contributed by atoms with E-state index >= 15 is 0 Å². The summed E-state index contributed by atoms with van der Waals surface area (Å²) < 4.78 is 2.06. The molecule has 5 nitrogen and oxygen atoms in total. The molecule has 0 spiro atoms. The monoisotopic (exact) mass is 311 g/mol. The minimum atomic E-state index is 0.00305. The van der Waals surface area contributed by atoms with Crippen LogP contribution in [0.4, 0.5) is 0 Å². The van der Waals surface area contributed by atoms with E-state index in [0.29, 0.717) is 12.5 Å². The van der Waals surface area contributed by atoms with Crippen LogP contribution in [0.15, 0.2) is 36.4 Å². The van der Waals surface area contributed by atoms with Crippen molar-refractivity contribution in [1.82, 2.24) is 14.9 Å². The molecule has 1 amide bonds. The van der Waals surface area contributed by atoms with Crippen molar-refractivity contribution < 1.29 is 9.90 Å². The van der Waals surface area contributed by atoms with Gasteiger partial charge in [-0.2, -0.15) is 0 Å². The molecule has 0 bridgehead atoms. The second-order valence-electron chi connectivity index (χ2n) is 6.56. The van der Waals surface area contributed by atoms with Gasteiger partial charge in [-0.05, 0) is 31.4 Å². The molecule has 120 valence electrons. The SMILES string of the molecule is O=C(Cn1c(C2CC2)nc2ccccc21)N[C@@H]1C=C[C@H](CO)C1. The number of hydrogen-bond acceptors (Lipinski definition) is 3. The molecule has 23 heavy (non-hydrogen) atoms. The van der Waals surface area contributed by atoms with Crippen LogP contribution in [-0.2, 0) is 11.3 Å². The van der Waals surface area contributed by atoms with E-state index in [4.69, 9.17) is 4.98 Å². The molecule has 1 heterocycles. The lowest BCUT2D eigenvalue weighted by molar-refractivity contribution is -0.122. The molecule has 0 aliphatic heterocycles. The highest BCUT2D eigenvalue weighted by molar-refractivity contribution is 5.81. The van der Waals surface area contributed by atoms with Crippen LogP contribution in [0, 0.1) is 5.92 Å². The minimum absolute atomic E-state index is 0.00305. The number of nitrogens with one attached hydrogen (secondary N) is 1.